The van der Waals surface area contributed by atoms with Crippen molar-refractivity contribution < 1.29 is 14.8 Å². The number of nitro benzene ring substituents is 1. The zero-order chi connectivity index (χ0) is 17.3. The Morgan fingerprint density at radius 2 is 2.04 bits per heavy atom. The molecule has 8 heteroatoms. The van der Waals surface area contributed by atoms with Gasteiger partial charge in [-0.15, -0.1) is 0 Å². The fourth-order valence-corrected chi connectivity index (χ4v) is 2.32. The maximum absolute atomic E-state index is 11.0. The van der Waals surface area contributed by atoms with E-state index in [1.807, 2.05) is 6.92 Å². The van der Waals surface area contributed by atoms with E-state index in [0.717, 1.165) is 5.56 Å². The highest BCUT2D eigenvalue weighted by atomic mass is 16.6. The lowest BCUT2D eigenvalue weighted by Crippen LogP contribution is -1.99. The van der Waals surface area contributed by atoms with Crippen molar-refractivity contribution in [3.8, 4) is 11.5 Å². The molecule has 3 aromatic rings. The van der Waals surface area contributed by atoms with Gasteiger partial charge in [0, 0.05) is 29.3 Å². The molecular formula is C16H14N4O4. The largest absolute Gasteiger partial charge is 0.504 e. The lowest BCUT2D eigenvalue weighted by atomic mass is 10.1. The van der Waals surface area contributed by atoms with Crippen molar-refractivity contribution in [1.29, 1.82) is 0 Å². The van der Waals surface area contributed by atoms with E-state index in [-0.39, 0.29) is 17.2 Å². The van der Waals surface area contributed by atoms with Gasteiger partial charge in [0.2, 0.25) is 0 Å². The van der Waals surface area contributed by atoms with Crippen LogP contribution in [0.15, 0.2) is 36.7 Å². The molecule has 0 saturated carbocycles. The summed E-state index contributed by atoms with van der Waals surface area (Å²) in [5.74, 6) is 0.721. The second-order valence-electron chi connectivity index (χ2n) is 5.14. The highest BCUT2D eigenvalue weighted by Gasteiger charge is 2.13. The molecule has 0 fully saturated rings. The fourth-order valence-electron chi connectivity index (χ4n) is 2.32. The average Bonchev–Trinajstić information content (AvgIpc) is 2.56. The summed E-state index contributed by atoms with van der Waals surface area (Å²) < 4.78 is 5.11. The van der Waals surface area contributed by atoms with Gasteiger partial charge in [-0.3, -0.25) is 10.1 Å². The van der Waals surface area contributed by atoms with Crippen molar-refractivity contribution in [3.63, 3.8) is 0 Å². The minimum absolute atomic E-state index is 0.0170. The number of aromatic hydroxyl groups is 1. The van der Waals surface area contributed by atoms with Crippen molar-refractivity contribution in [2.75, 3.05) is 12.4 Å². The van der Waals surface area contributed by atoms with Crippen LogP contribution in [0.2, 0.25) is 0 Å². The number of methoxy groups -OCH3 is 1. The summed E-state index contributed by atoms with van der Waals surface area (Å²) in [5.41, 5.74) is 1.90. The summed E-state index contributed by atoms with van der Waals surface area (Å²) >= 11 is 0. The van der Waals surface area contributed by atoms with Gasteiger partial charge in [0.05, 0.1) is 17.5 Å². The predicted octanol–water partition coefficient (Wildman–Crippen LogP) is 3.30. The molecule has 0 aliphatic heterocycles. The highest BCUT2D eigenvalue weighted by molar-refractivity contribution is 5.93. The molecule has 0 atom stereocenters. The molecule has 1 heterocycles. The van der Waals surface area contributed by atoms with E-state index in [9.17, 15) is 15.2 Å². The average molecular weight is 326 g/mol. The summed E-state index contributed by atoms with van der Waals surface area (Å²) in [6.07, 6.45) is 1.35. The quantitative estimate of drug-likeness (QED) is 0.559. The second-order valence-corrected chi connectivity index (χ2v) is 5.14. The number of aromatic nitrogens is 2. The van der Waals surface area contributed by atoms with Crippen LogP contribution in [0.25, 0.3) is 10.9 Å². The molecule has 1 aromatic heterocycles. The van der Waals surface area contributed by atoms with E-state index in [4.69, 9.17) is 4.74 Å². The van der Waals surface area contributed by atoms with Crippen LogP contribution in [0, 0.1) is 17.0 Å². The first-order chi connectivity index (χ1) is 11.5. The van der Waals surface area contributed by atoms with Crippen molar-refractivity contribution >= 4 is 28.1 Å². The van der Waals surface area contributed by atoms with Crippen LogP contribution in [-0.2, 0) is 0 Å². The summed E-state index contributed by atoms with van der Waals surface area (Å²) in [6, 6.07) is 7.64. The Kier molecular flexibility index (Phi) is 3.87. The van der Waals surface area contributed by atoms with Gasteiger partial charge in [0.25, 0.3) is 5.69 Å². The molecule has 8 nitrogen and oxygen atoms in total. The van der Waals surface area contributed by atoms with Crippen molar-refractivity contribution in [1.82, 2.24) is 9.97 Å². The standard InChI is InChI=1S/C16H14N4O4/c1-9-3-4-10(20(22)23)5-12(9)19-16-11-6-15(24-2)14(21)7-13(11)17-8-18-16/h3-8,21H,1-2H3,(H,17,18,19). The number of phenols is 1. The highest BCUT2D eigenvalue weighted by Crippen LogP contribution is 2.34. The molecule has 0 amide bonds. The van der Waals surface area contributed by atoms with Gasteiger partial charge < -0.3 is 15.2 Å². The number of fused-ring (bicyclic) bond motifs is 1. The number of benzene rings is 2. The first-order valence-corrected chi connectivity index (χ1v) is 7.03. The Morgan fingerprint density at radius 3 is 2.75 bits per heavy atom. The number of rotatable bonds is 4. The number of anilines is 2. The fraction of sp³-hybridized carbons (Fsp3) is 0.125. The molecule has 0 aliphatic rings. The maximum atomic E-state index is 11.0. The number of aryl methyl sites for hydroxylation is 1. The van der Waals surface area contributed by atoms with Gasteiger partial charge in [0.1, 0.15) is 12.1 Å². The lowest BCUT2D eigenvalue weighted by Gasteiger charge is -2.12. The Morgan fingerprint density at radius 1 is 1.25 bits per heavy atom. The van der Waals surface area contributed by atoms with Gasteiger partial charge in [-0.1, -0.05) is 6.07 Å². The van der Waals surface area contributed by atoms with Crippen LogP contribution in [0.1, 0.15) is 5.56 Å². The summed E-state index contributed by atoms with van der Waals surface area (Å²) in [5, 5.41) is 24.5. The second kappa shape index (κ2) is 5.99. The molecule has 3 rings (SSSR count). The monoisotopic (exact) mass is 326 g/mol. The summed E-state index contributed by atoms with van der Waals surface area (Å²) in [4.78, 5) is 18.8. The topological polar surface area (TPSA) is 110 Å². The van der Waals surface area contributed by atoms with E-state index >= 15 is 0 Å². The number of nitrogens with zero attached hydrogens (tertiary/aromatic N) is 3. The van der Waals surface area contributed by atoms with Gasteiger partial charge in [-0.2, -0.15) is 0 Å². The van der Waals surface area contributed by atoms with E-state index < -0.39 is 4.92 Å². The molecule has 0 saturated heterocycles. The number of nitro groups is 1. The molecule has 24 heavy (non-hydrogen) atoms. The summed E-state index contributed by atoms with van der Waals surface area (Å²) in [6.45, 7) is 1.84. The zero-order valence-corrected chi connectivity index (χ0v) is 13.0. The Balaban J connectivity index is 2.10. The van der Waals surface area contributed by atoms with Crippen LogP contribution in [0.3, 0.4) is 0 Å². The third-order valence-corrected chi connectivity index (χ3v) is 3.62. The molecule has 0 aliphatic carbocycles. The smallest absolute Gasteiger partial charge is 0.271 e. The number of hydrogen-bond donors (Lipinski definition) is 2. The zero-order valence-electron chi connectivity index (χ0n) is 13.0. The third kappa shape index (κ3) is 2.76. The number of phenolic OH excluding ortho intramolecular Hbond substituents is 1. The van der Waals surface area contributed by atoms with Gasteiger partial charge in [0.15, 0.2) is 11.5 Å². The Labute approximate surface area is 136 Å². The Hall–Kier alpha value is -3.42. The number of non-ortho nitro benzene ring substituents is 1. The molecular weight excluding hydrogens is 312 g/mol. The SMILES string of the molecule is COc1cc2c(Nc3cc([N+](=O)[O-])ccc3C)ncnc2cc1O. The van der Waals surface area contributed by atoms with Crippen LogP contribution in [0.4, 0.5) is 17.2 Å². The van der Waals surface area contributed by atoms with Gasteiger partial charge in [-0.25, -0.2) is 9.97 Å². The number of nitrogens with one attached hydrogen (secondary N) is 1. The van der Waals surface area contributed by atoms with E-state index in [2.05, 4.69) is 15.3 Å². The molecule has 0 bridgehead atoms. The van der Waals surface area contributed by atoms with Crippen LogP contribution < -0.4 is 10.1 Å². The maximum Gasteiger partial charge on any atom is 0.271 e. The molecule has 0 radical (unpaired) electrons. The minimum atomic E-state index is -0.455. The van der Waals surface area contributed by atoms with E-state index in [1.54, 1.807) is 12.1 Å². The van der Waals surface area contributed by atoms with Crippen molar-refractivity contribution in [2.24, 2.45) is 0 Å². The van der Waals surface area contributed by atoms with Crippen molar-refractivity contribution in [2.45, 2.75) is 6.92 Å². The van der Waals surface area contributed by atoms with Crippen LogP contribution >= 0.6 is 0 Å². The molecule has 2 N–H and O–H groups in total. The van der Waals surface area contributed by atoms with Crippen LogP contribution in [-0.4, -0.2) is 27.1 Å². The molecule has 0 spiro atoms. The van der Waals surface area contributed by atoms with E-state index in [0.29, 0.717) is 22.4 Å². The van der Waals surface area contributed by atoms with Crippen LogP contribution in [0.5, 0.6) is 11.5 Å². The predicted molar refractivity (Wildman–Crippen MR) is 88.9 cm³/mol. The number of hydrogen-bond acceptors (Lipinski definition) is 7. The minimum Gasteiger partial charge on any atom is -0.504 e. The van der Waals surface area contributed by atoms with Gasteiger partial charge >= 0.3 is 0 Å². The first kappa shape index (κ1) is 15.5. The first-order valence-electron chi connectivity index (χ1n) is 7.03. The number of ether oxygens (including phenoxy) is 1. The summed E-state index contributed by atoms with van der Waals surface area (Å²) in [7, 11) is 1.45. The molecule has 0 unspecified atom stereocenters. The lowest BCUT2D eigenvalue weighted by molar-refractivity contribution is -0.384. The normalized spacial score (nSPS) is 10.6. The van der Waals surface area contributed by atoms with Crippen molar-refractivity contribution in [3.05, 3.63) is 52.3 Å². The van der Waals surface area contributed by atoms with E-state index in [1.165, 1.54) is 31.6 Å². The molecule has 122 valence electrons. The Bertz CT molecular complexity index is 943. The van der Waals surface area contributed by atoms with Gasteiger partial charge in [-0.05, 0) is 18.6 Å². The third-order valence-electron chi connectivity index (χ3n) is 3.62. The molecule has 2 aromatic carbocycles.